The molecule has 2 aromatic rings. The number of carbonyl (C=O) groups is 1. The zero-order chi connectivity index (χ0) is 24.0. The minimum Gasteiger partial charge on any atom is -0.354 e. The number of anilines is 2. The number of pyridine rings is 2. The molecule has 1 saturated heterocycles. The Labute approximate surface area is 189 Å². The molecule has 2 unspecified atom stereocenters. The molecule has 0 bridgehead atoms. The van der Waals surface area contributed by atoms with Crippen LogP contribution in [0.2, 0.25) is 0 Å². The first-order valence-electron chi connectivity index (χ1n) is 11.0. The van der Waals surface area contributed by atoms with Gasteiger partial charge >= 0.3 is 6.18 Å². The summed E-state index contributed by atoms with van der Waals surface area (Å²) in [5, 5.41) is 5.87. The maximum absolute atomic E-state index is 15.1. The van der Waals surface area contributed by atoms with E-state index in [0.717, 1.165) is 12.1 Å². The molecule has 4 rings (SSSR count). The lowest BCUT2D eigenvalue weighted by atomic mass is 9.89. The van der Waals surface area contributed by atoms with E-state index in [-0.39, 0.29) is 23.4 Å². The van der Waals surface area contributed by atoms with E-state index in [1.165, 1.54) is 19.2 Å². The lowest BCUT2D eigenvalue weighted by Gasteiger charge is -2.33. The fourth-order valence-corrected chi connectivity index (χ4v) is 4.33. The molecule has 1 saturated carbocycles. The highest BCUT2D eigenvalue weighted by Crippen LogP contribution is 2.53. The molecular weight excluding hydrogens is 438 g/mol. The molecule has 2 aromatic heterocycles. The van der Waals surface area contributed by atoms with Crippen molar-refractivity contribution in [2.45, 2.75) is 57.4 Å². The molecule has 2 fully saturated rings. The van der Waals surface area contributed by atoms with Crippen LogP contribution in [0.25, 0.3) is 11.3 Å². The molecule has 2 aliphatic rings. The fourth-order valence-electron chi connectivity index (χ4n) is 4.33. The Morgan fingerprint density at radius 2 is 2.06 bits per heavy atom. The molecular formula is C23H27F4N5O. The van der Waals surface area contributed by atoms with Gasteiger partial charge in [0.25, 0.3) is 0 Å². The largest absolute Gasteiger partial charge is 0.416 e. The summed E-state index contributed by atoms with van der Waals surface area (Å²) in [6.07, 6.45) is -2.49. The molecule has 33 heavy (non-hydrogen) atoms. The first-order valence-corrected chi connectivity index (χ1v) is 11.0. The minimum absolute atomic E-state index is 0.0751. The summed E-state index contributed by atoms with van der Waals surface area (Å²) in [5.74, 6) is -0.717. The summed E-state index contributed by atoms with van der Waals surface area (Å²) in [7, 11) is 0. The van der Waals surface area contributed by atoms with Gasteiger partial charge in [-0.1, -0.05) is 6.92 Å². The van der Waals surface area contributed by atoms with Crippen LogP contribution in [0.5, 0.6) is 0 Å². The third-order valence-electron chi connectivity index (χ3n) is 6.33. The number of halogens is 4. The van der Waals surface area contributed by atoms with Gasteiger partial charge < -0.3 is 15.5 Å². The van der Waals surface area contributed by atoms with Crippen LogP contribution in [-0.4, -0.2) is 47.2 Å². The van der Waals surface area contributed by atoms with Gasteiger partial charge in [-0.25, -0.2) is 14.4 Å². The predicted octanol–water partition coefficient (Wildman–Crippen LogP) is 4.52. The Kier molecular flexibility index (Phi) is 6.07. The maximum Gasteiger partial charge on any atom is 0.416 e. The first kappa shape index (κ1) is 23.4. The summed E-state index contributed by atoms with van der Waals surface area (Å²) in [6, 6.07) is 3.67. The van der Waals surface area contributed by atoms with E-state index < -0.39 is 29.2 Å². The molecule has 2 N–H and O–H groups in total. The minimum atomic E-state index is -4.58. The Hall–Kier alpha value is -2.75. The number of rotatable bonds is 5. The summed E-state index contributed by atoms with van der Waals surface area (Å²) in [6.45, 7) is 6.59. The van der Waals surface area contributed by atoms with Crippen molar-refractivity contribution in [3.63, 3.8) is 0 Å². The van der Waals surface area contributed by atoms with Crippen LogP contribution in [0.4, 0.5) is 29.2 Å². The van der Waals surface area contributed by atoms with E-state index >= 15 is 4.39 Å². The van der Waals surface area contributed by atoms with Crippen molar-refractivity contribution >= 4 is 17.5 Å². The highest BCUT2D eigenvalue weighted by Gasteiger charge is 2.50. The third-order valence-corrected chi connectivity index (χ3v) is 6.33. The van der Waals surface area contributed by atoms with Gasteiger partial charge in [0.15, 0.2) is 0 Å². The van der Waals surface area contributed by atoms with Crippen molar-refractivity contribution in [2.24, 2.45) is 0 Å². The highest BCUT2D eigenvalue weighted by molar-refractivity contribution is 5.90. The quantitative estimate of drug-likeness (QED) is 0.636. The molecule has 10 heteroatoms. The number of nitrogens with one attached hydrogen (secondary N) is 2. The summed E-state index contributed by atoms with van der Waals surface area (Å²) in [4.78, 5) is 22.3. The number of hydrogen-bond acceptors (Lipinski definition) is 5. The molecule has 3 heterocycles. The Morgan fingerprint density at radius 3 is 2.67 bits per heavy atom. The van der Waals surface area contributed by atoms with Gasteiger partial charge in [0.05, 0.1) is 11.3 Å². The molecule has 1 aliphatic heterocycles. The van der Waals surface area contributed by atoms with Gasteiger partial charge in [0, 0.05) is 55.8 Å². The van der Waals surface area contributed by atoms with E-state index in [2.05, 4.69) is 20.6 Å². The van der Waals surface area contributed by atoms with Gasteiger partial charge in [-0.05, 0) is 38.0 Å². The van der Waals surface area contributed by atoms with Crippen molar-refractivity contribution in [1.82, 2.24) is 15.3 Å². The van der Waals surface area contributed by atoms with Crippen LogP contribution in [-0.2, 0) is 11.0 Å². The zero-order valence-electron chi connectivity index (χ0n) is 18.8. The lowest BCUT2D eigenvalue weighted by molar-refractivity contribution is -0.137. The van der Waals surface area contributed by atoms with Crippen LogP contribution in [0, 0.1) is 0 Å². The summed E-state index contributed by atoms with van der Waals surface area (Å²) >= 11 is 0. The summed E-state index contributed by atoms with van der Waals surface area (Å²) in [5.41, 5.74) is -1.54. The number of carbonyl (C=O) groups excluding carboxylic acids is 1. The number of amides is 1. The van der Waals surface area contributed by atoms with Gasteiger partial charge in [0.1, 0.15) is 17.3 Å². The van der Waals surface area contributed by atoms with Crippen LogP contribution < -0.4 is 15.5 Å². The van der Waals surface area contributed by atoms with Crippen LogP contribution in [0.1, 0.15) is 50.7 Å². The topological polar surface area (TPSA) is 70.2 Å². The average Bonchev–Trinajstić information content (AvgIpc) is 3.50. The number of piperazine rings is 1. The molecule has 0 spiro atoms. The van der Waals surface area contributed by atoms with Crippen LogP contribution >= 0.6 is 0 Å². The monoisotopic (exact) mass is 465 g/mol. The first-order chi connectivity index (χ1) is 15.5. The molecule has 2 atom stereocenters. The predicted molar refractivity (Wildman–Crippen MR) is 118 cm³/mol. The van der Waals surface area contributed by atoms with Crippen LogP contribution in [0.15, 0.2) is 24.4 Å². The van der Waals surface area contributed by atoms with Crippen LogP contribution in [0.3, 0.4) is 0 Å². The van der Waals surface area contributed by atoms with E-state index in [0.29, 0.717) is 43.6 Å². The van der Waals surface area contributed by atoms with Crippen molar-refractivity contribution in [3.05, 3.63) is 35.5 Å². The second-order valence-corrected chi connectivity index (χ2v) is 8.96. The van der Waals surface area contributed by atoms with Gasteiger partial charge in [-0.3, -0.25) is 4.79 Å². The van der Waals surface area contributed by atoms with Gasteiger partial charge in [-0.15, -0.1) is 0 Å². The third kappa shape index (κ3) is 4.95. The zero-order valence-corrected chi connectivity index (χ0v) is 18.8. The van der Waals surface area contributed by atoms with E-state index in [1.54, 1.807) is 6.92 Å². The second-order valence-electron chi connectivity index (χ2n) is 8.96. The molecule has 1 amide bonds. The van der Waals surface area contributed by atoms with Gasteiger partial charge in [0.2, 0.25) is 5.91 Å². The van der Waals surface area contributed by atoms with Crippen molar-refractivity contribution < 1.29 is 22.4 Å². The smallest absolute Gasteiger partial charge is 0.354 e. The van der Waals surface area contributed by atoms with E-state index in [4.69, 9.17) is 0 Å². The van der Waals surface area contributed by atoms with Crippen molar-refractivity contribution in [1.29, 1.82) is 0 Å². The van der Waals surface area contributed by atoms with E-state index in [1.807, 2.05) is 11.8 Å². The Bertz CT molecular complexity index is 1050. The highest BCUT2D eigenvalue weighted by atomic mass is 19.4. The lowest BCUT2D eigenvalue weighted by Crippen LogP contribution is -2.49. The number of hydrogen-bond donors (Lipinski definition) is 2. The molecule has 0 radical (unpaired) electrons. The standard InChI is InChI=1S/C23H27F4N5O/c1-13-12-32(9-8-28-13)19-11-16(23(25,26)27)10-18(31-19)17-4-7-29-21(30-15(3)33)20(17)14(2)22(24)5-6-22/h4,7,10-11,13-14,28H,5-6,8-9,12H2,1-3H3,(H,29,30,33). The molecule has 178 valence electrons. The van der Waals surface area contributed by atoms with Crippen molar-refractivity contribution in [2.75, 3.05) is 29.9 Å². The Balaban J connectivity index is 1.88. The second kappa shape index (κ2) is 8.55. The molecule has 6 nitrogen and oxygen atoms in total. The maximum atomic E-state index is 15.1. The fraction of sp³-hybridized carbons (Fsp3) is 0.522. The SMILES string of the molecule is CC(=O)Nc1nccc(-c2cc(C(F)(F)F)cc(N3CCNC(C)C3)n2)c1C(C)C1(F)CC1. The normalized spacial score (nSPS) is 20.9. The number of aromatic nitrogens is 2. The van der Waals surface area contributed by atoms with Gasteiger partial charge in [-0.2, -0.15) is 13.2 Å². The average molecular weight is 465 g/mol. The molecule has 1 aliphatic carbocycles. The number of nitrogens with zero attached hydrogens (tertiary/aromatic N) is 3. The summed E-state index contributed by atoms with van der Waals surface area (Å²) < 4.78 is 56.6. The van der Waals surface area contributed by atoms with Crippen molar-refractivity contribution in [3.8, 4) is 11.3 Å². The molecule has 0 aromatic carbocycles. The Morgan fingerprint density at radius 1 is 1.33 bits per heavy atom. The number of alkyl halides is 4. The van der Waals surface area contributed by atoms with E-state index in [9.17, 15) is 18.0 Å².